The van der Waals surface area contributed by atoms with Crippen molar-refractivity contribution in [2.24, 2.45) is 0 Å². The molecule has 1 nitrogen and oxygen atoms in total. The van der Waals surface area contributed by atoms with Crippen LogP contribution >= 0.6 is 0 Å². The van der Waals surface area contributed by atoms with Crippen molar-refractivity contribution in [3.8, 4) is 0 Å². The summed E-state index contributed by atoms with van der Waals surface area (Å²) >= 11 is 0. The minimum Gasteiger partial charge on any atom is -0.393 e. The molecule has 0 fully saturated rings. The second-order valence-electron chi connectivity index (χ2n) is 2.72. The molecule has 0 spiro atoms. The lowest BCUT2D eigenvalue weighted by Gasteiger charge is -2.02. The van der Waals surface area contributed by atoms with E-state index in [0.29, 0.717) is 6.42 Å². The van der Waals surface area contributed by atoms with Crippen molar-refractivity contribution in [1.82, 2.24) is 0 Å². The zero-order valence-corrected chi connectivity index (χ0v) is 6.75. The maximum absolute atomic E-state index is 9.15. The largest absolute Gasteiger partial charge is 0.393 e. The fraction of sp³-hybridized carbons (Fsp3) is 0.400. The molecule has 1 atom stereocenters. The molecule has 1 heteroatoms. The summed E-state index contributed by atoms with van der Waals surface area (Å²) in [6.45, 7) is 1.51. The molecule has 0 bridgehead atoms. The third-order valence-electron chi connectivity index (χ3n) is 1.62. The lowest BCUT2D eigenvalue weighted by Crippen LogP contribution is -2.00. The Morgan fingerprint density at radius 2 is 2.09 bits per heavy atom. The second kappa shape index (κ2) is 4.14. The molecule has 0 aromatic heterocycles. The first kappa shape index (κ1) is 6.86. The SMILES string of the molecule is [2H][C@](C)(O)CCc1ccccc1. The summed E-state index contributed by atoms with van der Waals surface area (Å²) in [6, 6.07) is 9.90. The molecular weight excluding hydrogens is 136 g/mol. The molecule has 0 amide bonds. The first-order chi connectivity index (χ1) is 5.58. The van der Waals surface area contributed by atoms with Gasteiger partial charge in [0.1, 0.15) is 0 Å². The smallest absolute Gasteiger partial charge is 0.0598 e. The number of aliphatic hydroxyl groups is 1. The van der Waals surface area contributed by atoms with Crippen LogP contribution in [0.4, 0.5) is 0 Å². The standard InChI is InChI=1S/C10H14O/c1-9(11)7-8-10-5-3-2-4-6-10/h2-6,9,11H,7-8H2,1H3/t9-/m1/s1/i9D. The highest BCUT2D eigenvalue weighted by atomic mass is 16.3. The molecular formula is C10H14O. The molecule has 0 aliphatic carbocycles. The van der Waals surface area contributed by atoms with Crippen LogP contribution in [-0.2, 0) is 6.42 Å². The molecule has 0 heterocycles. The molecule has 0 aliphatic heterocycles. The maximum atomic E-state index is 9.15. The van der Waals surface area contributed by atoms with Crippen LogP contribution in [0.15, 0.2) is 30.3 Å². The van der Waals surface area contributed by atoms with E-state index in [0.717, 1.165) is 6.42 Å². The monoisotopic (exact) mass is 151 g/mol. The Kier molecular flexibility index (Phi) is 2.58. The maximum Gasteiger partial charge on any atom is 0.0598 e. The van der Waals surface area contributed by atoms with Crippen LogP contribution in [-0.4, -0.2) is 11.2 Å². The van der Waals surface area contributed by atoms with Gasteiger partial charge in [-0.25, -0.2) is 0 Å². The van der Waals surface area contributed by atoms with Crippen molar-refractivity contribution in [1.29, 1.82) is 0 Å². The molecule has 1 N–H and O–H groups in total. The van der Waals surface area contributed by atoms with Gasteiger partial charge in [0.25, 0.3) is 0 Å². The molecule has 11 heavy (non-hydrogen) atoms. The van der Waals surface area contributed by atoms with Gasteiger partial charge in [0.2, 0.25) is 0 Å². The minimum absolute atomic E-state index is 0.483. The van der Waals surface area contributed by atoms with Gasteiger partial charge in [-0.3, -0.25) is 0 Å². The Labute approximate surface area is 69.1 Å². The summed E-state index contributed by atoms with van der Waals surface area (Å²) in [7, 11) is 0. The second-order valence-corrected chi connectivity index (χ2v) is 2.72. The number of benzene rings is 1. The number of aryl methyl sites for hydroxylation is 1. The van der Waals surface area contributed by atoms with Crippen molar-refractivity contribution in [2.75, 3.05) is 0 Å². The summed E-state index contributed by atoms with van der Waals surface area (Å²) in [5.41, 5.74) is 1.17. The summed E-state index contributed by atoms with van der Waals surface area (Å²) in [5.74, 6) is 0. The van der Waals surface area contributed by atoms with Crippen molar-refractivity contribution in [3.05, 3.63) is 35.9 Å². The highest BCUT2D eigenvalue weighted by molar-refractivity contribution is 5.14. The van der Waals surface area contributed by atoms with E-state index in [1.54, 1.807) is 0 Å². The predicted octanol–water partition coefficient (Wildman–Crippen LogP) is 2.00. The van der Waals surface area contributed by atoms with Crippen LogP contribution in [0.25, 0.3) is 0 Å². The van der Waals surface area contributed by atoms with Gasteiger partial charge in [0.05, 0.1) is 7.45 Å². The third-order valence-corrected chi connectivity index (χ3v) is 1.62. The van der Waals surface area contributed by atoms with Crippen molar-refractivity contribution in [2.45, 2.75) is 25.8 Å². The fourth-order valence-corrected chi connectivity index (χ4v) is 0.970. The first-order valence-corrected chi connectivity index (χ1v) is 3.84. The highest BCUT2D eigenvalue weighted by Crippen LogP contribution is 2.03. The van der Waals surface area contributed by atoms with Crippen molar-refractivity contribution < 1.29 is 6.48 Å². The number of hydrogen-bond acceptors (Lipinski definition) is 1. The zero-order chi connectivity index (χ0) is 9.03. The quantitative estimate of drug-likeness (QED) is 0.700. The van der Waals surface area contributed by atoms with E-state index in [1.807, 2.05) is 30.3 Å². The van der Waals surface area contributed by atoms with Gasteiger partial charge < -0.3 is 5.11 Å². The van der Waals surface area contributed by atoms with E-state index in [1.165, 1.54) is 12.5 Å². The lowest BCUT2D eigenvalue weighted by molar-refractivity contribution is 0.185. The summed E-state index contributed by atoms with van der Waals surface area (Å²) in [5, 5.41) is 9.15. The Bertz CT molecular complexity index is 225. The number of rotatable bonds is 3. The van der Waals surface area contributed by atoms with E-state index >= 15 is 0 Å². The minimum atomic E-state index is -1.30. The van der Waals surface area contributed by atoms with E-state index < -0.39 is 6.08 Å². The molecule has 0 aliphatic rings. The Hall–Kier alpha value is -0.820. The molecule has 1 aromatic rings. The highest BCUT2D eigenvalue weighted by Gasteiger charge is 1.95. The molecule has 0 radical (unpaired) electrons. The normalized spacial score (nSPS) is 17.1. The summed E-state index contributed by atoms with van der Waals surface area (Å²) in [6.07, 6.45) is -0.0514. The lowest BCUT2D eigenvalue weighted by atomic mass is 10.1. The van der Waals surface area contributed by atoms with Gasteiger partial charge in [-0.05, 0) is 25.3 Å². The molecule has 1 aromatic carbocycles. The van der Waals surface area contributed by atoms with Crippen LogP contribution in [0.3, 0.4) is 0 Å². The fourth-order valence-electron chi connectivity index (χ4n) is 0.970. The van der Waals surface area contributed by atoms with E-state index in [9.17, 15) is 0 Å². The zero-order valence-electron chi connectivity index (χ0n) is 7.75. The molecule has 60 valence electrons. The Morgan fingerprint density at radius 1 is 1.45 bits per heavy atom. The Balaban J connectivity index is 2.44. The van der Waals surface area contributed by atoms with E-state index in [2.05, 4.69) is 0 Å². The van der Waals surface area contributed by atoms with Crippen LogP contribution < -0.4 is 0 Å². The summed E-state index contributed by atoms with van der Waals surface area (Å²) in [4.78, 5) is 0. The van der Waals surface area contributed by atoms with Gasteiger partial charge >= 0.3 is 0 Å². The van der Waals surface area contributed by atoms with Crippen LogP contribution in [0, 0.1) is 0 Å². The molecule has 0 saturated heterocycles. The average Bonchev–Trinajstić information content (AvgIpc) is 2.02. The van der Waals surface area contributed by atoms with Gasteiger partial charge in [-0.1, -0.05) is 30.3 Å². The van der Waals surface area contributed by atoms with Crippen LogP contribution in [0.5, 0.6) is 0 Å². The first-order valence-electron chi connectivity index (χ1n) is 4.34. The average molecular weight is 151 g/mol. The number of hydrogen-bond donors (Lipinski definition) is 1. The van der Waals surface area contributed by atoms with Gasteiger partial charge in [-0.2, -0.15) is 0 Å². The van der Waals surface area contributed by atoms with Crippen molar-refractivity contribution >= 4 is 0 Å². The molecule has 0 unspecified atom stereocenters. The predicted molar refractivity (Wildman–Crippen MR) is 46.4 cm³/mol. The molecule has 1 rings (SSSR count). The third kappa shape index (κ3) is 3.19. The topological polar surface area (TPSA) is 20.2 Å². The van der Waals surface area contributed by atoms with E-state index in [-0.39, 0.29) is 0 Å². The van der Waals surface area contributed by atoms with E-state index in [4.69, 9.17) is 6.48 Å². The Morgan fingerprint density at radius 3 is 2.64 bits per heavy atom. The van der Waals surface area contributed by atoms with Gasteiger partial charge in [0, 0.05) is 0 Å². The van der Waals surface area contributed by atoms with Crippen LogP contribution in [0.2, 0.25) is 0 Å². The van der Waals surface area contributed by atoms with Crippen LogP contribution in [0.1, 0.15) is 20.3 Å². The molecule has 0 saturated carbocycles. The van der Waals surface area contributed by atoms with Crippen molar-refractivity contribution in [3.63, 3.8) is 0 Å². The summed E-state index contributed by atoms with van der Waals surface area (Å²) < 4.78 is 7.24. The van der Waals surface area contributed by atoms with Gasteiger partial charge in [-0.15, -0.1) is 0 Å². The van der Waals surface area contributed by atoms with Gasteiger partial charge in [0.15, 0.2) is 0 Å².